The first-order chi connectivity index (χ1) is 11.6. The average Bonchev–Trinajstić information content (AvgIpc) is 2.88. The maximum absolute atomic E-state index is 12.1. The first kappa shape index (κ1) is 15.5. The Hall–Kier alpha value is -2.05. The van der Waals surface area contributed by atoms with Gasteiger partial charge in [-0.05, 0) is 42.4 Å². The number of aryl methyl sites for hydroxylation is 1. The van der Waals surface area contributed by atoms with E-state index in [9.17, 15) is 19.5 Å². The third-order valence-electron chi connectivity index (χ3n) is 5.48. The van der Waals surface area contributed by atoms with Crippen LogP contribution in [0.4, 0.5) is 0 Å². The van der Waals surface area contributed by atoms with Crippen LogP contribution in [0.2, 0.25) is 0 Å². The summed E-state index contributed by atoms with van der Waals surface area (Å²) in [5, 5.41) is 13.0. The van der Waals surface area contributed by atoms with Crippen molar-refractivity contribution < 1.29 is 19.5 Å². The fourth-order valence-corrected chi connectivity index (χ4v) is 4.14. The summed E-state index contributed by atoms with van der Waals surface area (Å²) >= 11 is 0. The minimum absolute atomic E-state index is 0.0770. The summed E-state index contributed by atoms with van der Waals surface area (Å²) in [7, 11) is 0. The number of aliphatic hydroxyl groups excluding tert-OH is 1. The number of piperidine rings is 1. The molecule has 1 fully saturated rings. The van der Waals surface area contributed by atoms with Gasteiger partial charge in [0.15, 0.2) is 0 Å². The second-order valence-electron chi connectivity index (χ2n) is 6.97. The number of aliphatic hydroxyl groups is 1. The summed E-state index contributed by atoms with van der Waals surface area (Å²) in [5.41, 5.74) is 4.23. The van der Waals surface area contributed by atoms with Gasteiger partial charge < -0.3 is 9.90 Å². The van der Waals surface area contributed by atoms with Crippen LogP contribution in [0.3, 0.4) is 0 Å². The standard InChI is InChI=1S/C18H20N2O4/c21-9-10-1-2-11-7-14-13(6-12(11)5-10)8-20(18(14)24)15-3-4-16(22)19-17(15)23/h6-7,9-10,15,18,24H,1-5,8H2,(H,19,22,23)/t10?,15-,18?/m1/s1. The molecule has 2 unspecified atom stereocenters. The van der Waals surface area contributed by atoms with Crippen molar-refractivity contribution in [3.63, 3.8) is 0 Å². The molecule has 24 heavy (non-hydrogen) atoms. The van der Waals surface area contributed by atoms with E-state index in [1.165, 1.54) is 11.1 Å². The topological polar surface area (TPSA) is 86.7 Å². The van der Waals surface area contributed by atoms with Crippen molar-refractivity contribution in [3.05, 3.63) is 34.4 Å². The Morgan fingerprint density at radius 2 is 1.96 bits per heavy atom. The highest BCUT2D eigenvalue weighted by Gasteiger charge is 2.40. The van der Waals surface area contributed by atoms with Gasteiger partial charge in [0, 0.05) is 24.4 Å². The van der Waals surface area contributed by atoms with E-state index in [2.05, 4.69) is 11.4 Å². The van der Waals surface area contributed by atoms with Crippen LogP contribution >= 0.6 is 0 Å². The molecular weight excluding hydrogens is 308 g/mol. The van der Waals surface area contributed by atoms with Gasteiger partial charge in [-0.2, -0.15) is 0 Å². The molecule has 2 N–H and O–H groups in total. The first-order valence-corrected chi connectivity index (χ1v) is 8.44. The molecule has 0 saturated carbocycles. The number of hydrogen-bond donors (Lipinski definition) is 2. The molecule has 3 aliphatic rings. The van der Waals surface area contributed by atoms with Gasteiger partial charge in [0.05, 0.1) is 6.04 Å². The van der Waals surface area contributed by atoms with Crippen LogP contribution in [-0.2, 0) is 33.8 Å². The van der Waals surface area contributed by atoms with Crippen molar-refractivity contribution in [3.8, 4) is 0 Å². The number of carbonyl (C=O) groups excluding carboxylic acids is 3. The molecule has 3 atom stereocenters. The van der Waals surface area contributed by atoms with Crippen molar-refractivity contribution in [2.75, 3.05) is 0 Å². The van der Waals surface area contributed by atoms with E-state index in [0.29, 0.717) is 19.4 Å². The zero-order chi connectivity index (χ0) is 16.8. The summed E-state index contributed by atoms with van der Waals surface area (Å²) < 4.78 is 0. The van der Waals surface area contributed by atoms with E-state index in [1.54, 1.807) is 4.90 Å². The zero-order valence-electron chi connectivity index (χ0n) is 13.3. The van der Waals surface area contributed by atoms with E-state index >= 15 is 0 Å². The van der Waals surface area contributed by atoms with Crippen molar-refractivity contribution >= 4 is 18.1 Å². The number of carbonyl (C=O) groups is 3. The van der Waals surface area contributed by atoms with Crippen LogP contribution in [0, 0.1) is 5.92 Å². The van der Waals surface area contributed by atoms with Crippen LogP contribution in [0.1, 0.15) is 47.7 Å². The van der Waals surface area contributed by atoms with E-state index < -0.39 is 12.3 Å². The summed E-state index contributed by atoms with van der Waals surface area (Å²) in [6, 6.07) is 3.63. The van der Waals surface area contributed by atoms with Gasteiger partial charge in [0.25, 0.3) is 0 Å². The maximum atomic E-state index is 12.1. The summed E-state index contributed by atoms with van der Waals surface area (Å²) in [4.78, 5) is 36.2. The SMILES string of the molecule is O=CC1CCc2cc3c(cc2C1)CN([C@@H]1CCC(=O)NC1=O)C3O. The Morgan fingerprint density at radius 1 is 1.12 bits per heavy atom. The lowest BCUT2D eigenvalue weighted by atomic mass is 9.83. The monoisotopic (exact) mass is 328 g/mol. The number of hydrogen-bond acceptors (Lipinski definition) is 5. The van der Waals surface area contributed by atoms with Crippen LogP contribution in [0.25, 0.3) is 0 Å². The molecule has 2 heterocycles. The highest BCUT2D eigenvalue weighted by molar-refractivity contribution is 6.00. The molecule has 0 aromatic heterocycles. The number of benzene rings is 1. The van der Waals surface area contributed by atoms with E-state index in [4.69, 9.17) is 0 Å². The lowest BCUT2D eigenvalue weighted by Crippen LogP contribution is -2.51. The third kappa shape index (κ3) is 2.46. The van der Waals surface area contributed by atoms with Crippen LogP contribution in [-0.4, -0.2) is 34.1 Å². The Kier molecular flexibility index (Phi) is 3.73. The third-order valence-corrected chi connectivity index (χ3v) is 5.48. The van der Waals surface area contributed by atoms with Crippen LogP contribution in [0.5, 0.6) is 0 Å². The number of rotatable bonds is 2. The number of amides is 2. The van der Waals surface area contributed by atoms with E-state index in [-0.39, 0.29) is 17.7 Å². The minimum atomic E-state index is -0.821. The molecule has 6 nitrogen and oxygen atoms in total. The van der Waals surface area contributed by atoms with Crippen molar-refractivity contribution in [1.29, 1.82) is 0 Å². The minimum Gasteiger partial charge on any atom is -0.374 e. The molecule has 1 aliphatic carbocycles. The largest absolute Gasteiger partial charge is 0.374 e. The van der Waals surface area contributed by atoms with Gasteiger partial charge >= 0.3 is 0 Å². The van der Waals surface area contributed by atoms with Crippen LogP contribution < -0.4 is 5.32 Å². The molecule has 0 spiro atoms. The summed E-state index contributed by atoms with van der Waals surface area (Å²) in [6.07, 6.45) is 3.38. The lowest BCUT2D eigenvalue weighted by molar-refractivity contribution is -0.141. The molecule has 1 saturated heterocycles. The van der Waals surface area contributed by atoms with E-state index in [0.717, 1.165) is 36.7 Å². The average molecular weight is 328 g/mol. The van der Waals surface area contributed by atoms with Crippen molar-refractivity contribution in [2.45, 2.75) is 50.9 Å². The van der Waals surface area contributed by atoms with Gasteiger partial charge in [0.2, 0.25) is 11.8 Å². The van der Waals surface area contributed by atoms with Gasteiger partial charge in [-0.25, -0.2) is 0 Å². The van der Waals surface area contributed by atoms with Gasteiger partial charge in [0.1, 0.15) is 12.5 Å². The van der Waals surface area contributed by atoms with Gasteiger partial charge in [-0.3, -0.25) is 19.8 Å². The van der Waals surface area contributed by atoms with Crippen molar-refractivity contribution in [2.24, 2.45) is 5.92 Å². The molecule has 2 aliphatic heterocycles. The first-order valence-electron chi connectivity index (χ1n) is 8.44. The molecule has 4 rings (SSSR count). The Bertz CT molecular complexity index is 730. The van der Waals surface area contributed by atoms with Gasteiger partial charge in [-0.15, -0.1) is 0 Å². The number of aldehydes is 1. The number of imide groups is 1. The molecule has 126 valence electrons. The summed E-state index contributed by atoms with van der Waals surface area (Å²) in [6.45, 7) is 0.488. The quantitative estimate of drug-likeness (QED) is 0.613. The second kappa shape index (κ2) is 5.79. The molecule has 2 amide bonds. The highest BCUT2D eigenvalue weighted by atomic mass is 16.3. The predicted octanol–water partition coefficient (Wildman–Crippen LogP) is 0.602. The molecule has 0 radical (unpaired) electrons. The normalized spacial score (nSPS) is 29.8. The lowest BCUT2D eigenvalue weighted by Gasteiger charge is -2.31. The smallest absolute Gasteiger partial charge is 0.244 e. The van der Waals surface area contributed by atoms with Crippen molar-refractivity contribution in [1.82, 2.24) is 10.2 Å². The zero-order valence-corrected chi connectivity index (χ0v) is 13.3. The molecule has 1 aromatic rings. The molecular formula is C18H20N2O4. The Balaban J connectivity index is 1.61. The molecule has 1 aromatic carbocycles. The number of fused-ring (bicyclic) bond motifs is 2. The predicted molar refractivity (Wildman–Crippen MR) is 84.7 cm³/mol. The maximum Gasteiger partial charge on any atom is 0.244 e. The number of nitrogens with zero attached hydrogens (tertiary/aromatic N) is 1. The fraction of sp³-hybridized carbons (Fsp3) is 0.500. The fourth-order valence-electron chi connectivity index (χ4n) is 4.14. The molecule has 0 bridgehead atoms. The Morgan fingerprint density at radius 3 is 2.71 bits per heavy atom. The van der Waals surface area contributed by atoms with Crippen LogP contribution in [0.15, 0.2) is 12.1 Å². The van der Waals surface area contributed by atoms with E-state index in [1.807, 2.05) is 6.07 Å². The summed E-state index contributed by atoms with van der Waals surface area (Å²) in [5.74, 6) is -0.505. The number of nitrogens with one attached hydrogen (secondary N) is 1. The Labute approximate surface area is 139 Å². The molecule has 6 heteroatoms. The van der Waals surface area contributed by atoms with Gasteiger partial charge in [-0.1, -0.05) is 12.1 Å². The highest BCUT2D eigenvalue weighted by Crippen LogP contribution is 2.38. The second-order valence-corrected chi connectivity index (χ2v) is 6.97.